The minimum absolute atomic E-state index is 0.00593. The number of aromatic nitrogens is 2. The van der Waals surface area contributed by atoms with Gasteiger partial charge in [-0.1, -0.05) is 29.3 Å². The number of ketones is 1. The van der Waals surface area contributed by atoms with Crippen molar-refractivity contribution >= 4 is 56.4 Å². The van der Waals surface area contributed by atoms with Crippen molar-refractivity contribution in [1.82, 2.24) is 14.9 Å². The first-order valence-electron chi connectivity index (χ1n) is 11.6. The normalized spacial score (nSPS) is 21.8. The predicted octanol–water partition coefficient (Wildman–Crippen LogP) is 4.41. The van der Waals surface area contributed by atoms with Crippen LogP contribution in [0.15, 0.2) is 36.8 Å². The quantitative estimate of drug-likeness (QED) is 0.374. The van der Waals surface area contributed by atoms with Crippen LogP contribution in [0.1, 0.15) is 57.2 Å². The molecule has 9 nitrogen and oxygen atoms in total. The molecule has 1 aliphatic heterocycles. The first kappa shape index (κ1) is 26.5. The maximum Gasteiger partial charge on any atom is 0.333 e. The first-order chi connectivity index (χ1) is 17.6. The summed E-state index contributed by atoms with van der Waals surface area (Å²) in [7, 11) is -1.95. The first-order valence-corrected chi connectivity index (χ1v) is 14.7. The molecule has 1 aliphatic carbocycles. The fraction of sp³-hybridized carbons (Fsp3) is 0.375. The molecule has 37 heavy (non-hydrogen) atoms. The van der Waals surface area contributed by atoms with Gasteiger partial charge in [0.2, 0.25) is 5.78 Å². The minimum atomic E-state index is -3.97. The number of halogens is 2. The van der Waals surface area contributed by atoms with Crippen molar-refractivity contribution in [3.05, 3.63) is 73.3 Å². The van der Waals surface area contributed by atoms with Crippen LogP contribution >= 0.6 is 34.5 Å². The zero-order valence-corrected chi connectivity index (χ0v) is 23.0. The molecule has 1 aromatic carbocycles. The van der Waals surface area contributed by atoms with Gasteiger partial charge in [0, 0.05) is 29.4 Å². The molecule has 2 unspecified atom stereocenters. The maximum atomic E-state index is 13.6. The summed E-state index contributed by atoms with van der Waals surface area (Å²) in [5.74, 6) is 0.245. The van der Waals surface area contributed by atoms with E-state index in [0.29, 0.717) is 32.0 Å². The Kier molecular flexibility index (Phi) is 7.56. The van der Waals surface area contributed by atoms with E-state index in [1.165, 1.54) is 29.4 Å². The van der Waals surface area contributed by atoms with Crippen LogP contribution in [0.5, 0.6) is 0 Å². The van der Waals surface area contributed by atoms with Crippen molar-refractivity contribution in [1.29, 1.82) is 0 Å². The molecule has 0 spiro atoms. The Morgan fingerprint density at radius 1 is 1.27 bits per heavy atom. The summed E-state index contributed by atoms with van der Waals surface area (Å²) in [4.78, 5) is 24.6. The lowest BCUT2D eigenvalue weighted by Crippen LogP contribution is -2.22. The molecule has 2 aliphatic rings. The Bertz CT molecular complexity index is 1450. The second kappa shape index (κ2) is 10.6. The largest absolute Gasteiger partial charge is 0.367 e. The molecule has 196 valence electrons. The fourth-order valence-electron chi connectivity index (χ4n) is 5.13. The number of benzene rings is 1. The number of carbonyl (C=O) groups is 1. The maximum absolute atomic E-state index is 13.6. The molecular formula is C24H25Cl2N5O4S2. The number of anilines is 1. The number of fused-ring (bicyclic) bond motifs is 1. The highest BCUT2D eigenvalue weighted by Crippen LogP contribution is 2.44. The van der Waals surface area contributed by atoms with Crippen LogP contribution in [0.3, 0.4) is 0 Å². The highest BCUT2D eigenvalue weighted by molar-refractivity contribution is 7.84. The molecule has 0 saturated heterocycles. The van der Waals surface area contributed by atoms with E-state index in [4.69, 9.17) is 32.5 Å². The molecule has 2 aromatic heterocycles. The molecule has 3 aromatic rings. The molecule has 0 radical (unpaired) electrons. The van der Waals surface area contributed by atoms with E-state index in [2.05, 4.69) is 20.2 Å². The van der Waals surface area contributed by atoms with Crippen LogP contribution in [0.4, 0.5) is 5.82 Å². The van der Waals surface area contributed by atoms with Gasteiger partial charge in [-0.2, -0.15) is 8.42 Å². The molecule has 3 N–H and O–H groups in total. The van der Waals surface area contributed by atoms with Crippen LogP contribution in [0.25, 0.3) is 0 Å². The molecule has 1 saturated carbocycles. The number of carbonyl (C=O) groups excluding carboxylic acids is 1. The molecular weight excluding hydrogens is 557 g/mol. The van der Waals surface area contributed by atoms with Gasteiger partial charge in [-0.3, -0.25) is 13.9 Å². The average molecular weight is 583 g/mol. The Morgan fingerprint density at radius 3 is 2.86 bits per heavy atom. The summed E-state index contributed by atoms with van der Waals surface area (Å²) in [6, 6.07) is 7.61. The topological polar surface area (TPSA) is 128 Å². The van der Waals surface area contributed by atoms with Gasteiger partial charge in [-0.05, 0) is 61.6 Å². The van der Waals surface area contributed by atoms with Crippen molar-refractivity contribution in [3.8, 4) is 0 Å². The van der Waals surface area contributed by atoms with E-state index < -0.39 is 10.3 Å². The molecule has 0 bridgehead atoms. The number of nitrogens with two attached hydrogens (primary N) is 1. The number of hydrogen-bond donors (Lipinski definition) is 2. The molecule has 13 heteroatoms. The van der Waals surface area contributed by atoms with E-state index in [-0.39, 0.29) is 30.4 Å². The summed E-state index contributed by atoms with van der Waals surface area (Å²) in [5, 5.41) is 8.92. The third-order valence-corrected chi connectivity index (χ3v) is 8.89. The van der Waals surface area contributed by atoms with Gasteiger partial charge in [0.25, 0.3) is 0 Å². The van der Waals surface area contributed by atoms with E-state index >= 15 is 0 Å². The number of nitrogens with one attached hydrogen (secondary N) is 1. The van der Waals surface area contributed by atoms with E-state index in [0.717, 1.165) is 30.5 Å². The van der Waals surface area contributed by atoms with Crippen LogP contribution in [0.2, 0.25) is 9.36 Å². The lowest BCUT2D eigenvalue weighted by Gasteiger charge is -2.20. The summed E-state index contributed by atoms with van der Waals surface area (Å²) < 4.78 is 27.5. The van der Waals surface area contributed by atoms with Gasteiger partial charge in [0.1, 0.15) is 12.1 Å². The van der Waals surface area contributed by atoms with Crippen LogP contribution < -0.4 is 10.5 Å². The number of thiophene rings is 1. The predicted molar refractivity (Wildman–Crippen MR) is 143 cm³/mol. The molecule has 1 fully saturated rings. The van der Waals surface area contributed by atoms with E-state index in [1.54, 1.807) is 0 Å². The van der Waals surface area contributed by atoms with Gasteiger partial charge in [0.05, 0.1) is 27.4 Å². The lowest BCUT2D eigenvalue weighted by atomic mass is 9.99. The zero-order chi connectivity index (χ0) is 26.3. The molecule has 0 amide bonds. The minimum Gasteiger partial charge on any atom is -0.367 e. The van der Waals surface area contributed by atoms with Crippen molar-refractivity contribution < 1.29 is 17.4 Å². The van der Waals surface area contributed by atoms with Crippen LogP contribution in [-0.2, 0) is 21.0 Å². The SMILES string of the molecule is CN1Cc2ccc(Cl)cc2C1c1cc(C(=O)c2cncnc2NC2CC[C@@H](COS(N)(=O)=O)C2)sc1Cl. The highest BCUT2D eigenvalue weighted by atomic mass is 35.5. The highest BCUT2D eigenvalue weighted by Gasteiger charge is 2.33. The van der Waals surface area contributed by atoms with Crippen molar-refractivity contribution in [3.63, 3.8) is 0 Å². The second-order valence-electron chi connectivity index (χ2n) is 9.41. The monoisotopic (exact) mass is 581 g/mol. The van der Waals surface area contributed by atoms with E-state index in [1.807, 2.05) is 31.3 Å². The summed E-state index contributed by atoms with van der Waals surface area (Å²) in [5.41, 5.74) is 3.47. The second-order valence-corrected chi connectivity index (χ2v) is 12.7. The lowest BCUT2D eigenvalue weighted by molar-refractivity contribution is 0.104. The average Bonchev–Trinajstić information content (AvgIpc) is 3.53. The Hall–Kier alpha value is -2.12. The van der Waals surface area contributed by atoms with Gasteiger partial charge in [0.15, 0.2) is 0 Å². The van der Waals surface area contributed by atoms with Crippen LogP contribution in [-0.4, -0.2) is 48.8 Å². The van der Waals surface area contributed by atoms with Crippen molar-refractivity contribution in [2.24, 2.45) is 11.1 Å². The Morgan fingerprint density at radius 2 is 2.08 bits per heavy atom. The third kappa shape index (κ3) is 5.83. The van der Waals surface area contributed by atoms with Crippen molar-refractivity contribution in [2.75, 3.05) is 19.0 Å². The summed E-state index contributed by atoms with van der Waals surface area (Å²) in [6.45, 7) is 0.796. The molecule has 3 atom stereocenters. The Labute approximate surface area is 229 Å². The number of nitrogens with zero attached hydrogens (tertiary/aromatic N) is 3. The summed E-state index contributed by atoms with van der Waals surface area (Å²) >= 11 is 14.2. The van der Waals surface area contributed by atoms with Gasteiger partial charge < -0.3 is 5.32 Å². The smallest absolute Gasteiger partial charge is 0.333 e. The number of rotatable bonds is 8. The fourth-order valence-corrected chi connectivity index (χ4v) is 6.97. The van der Waals surface area contributed by atoms with Gasteiger partial charge >= 0.3 is 10.3 Å². The van der Waals surface area contributed by atoms with Gasteiger partial charge in [-0.15, -0.1) is 11.3 Å². The standard InChI is InChI=1S/C24H25Cl2N5O4S2/c1-31-10-14-3-4-15(25)7-17(14)21(31)18-8-20(36-23(18)26)22(32)19-9-28-12-29-24(19)30-16-5-2-13(6-16)11-35-37(27,33)34/h3-4,7-9,12-13,16,21H,2,5-6,10-11H2,1H3,(H2,27,33,34)(H,28,29,30)/t13-,16?,21?/m1/s1. The van der Waals surface area contributed by atoms with Crippen molar-refractivity contribution in [2.45, 2.75) is 37.9 Å². The molecule has 3 heterocycles. The zero-order valence-electron chi connectivity index (χ0n) is 19.9. The Balaban J connectivity index is 1.35. The van der Waals surface area contributed by atoms with Crippen LogP contribution in [0, 0.1) is 5.92 Å². The van der Waals surface area contributed by atoms with E-state index in [9.17, 15) is 13.2 Å². The number of hydrogen-bond acceptors (Lipinski definition) is 9. The summed E-state index contributed by atoms with van der Waals surface area (Å²) in [6.07, 6.45) is 5.10. The van der Waals surface area contributed by atoms with Gasteiger partial charge in [-0.25, -0.2) is 15.1 Å². The molecule has 5 rings (SSSR count). The third-order valence-electron chi connectivity index (χ3n) is 6.80.